The minimum atomic E-state index is 0.378. The third-order valence-corrected chi connectivity index (χ3v) is 4.99. The van der Waals surface area contributed by atoms with E-state index in [1.165, 1.54) is 37.2 Å². The van der Waals surface area contributed by atoms with E-state index < -0.39 is 0 Å². The summed E-state index contributed by atoms with van der Waals surface area (Å²) in [4.78, 5) is 13.9. The standard InChI is InChI=1S/C12H20N2OS/c15-12-6-10(7-14(12)11-3-4-11)13-9-2-1-5-16-8-9/h9-11,13H,1-8H2. The molecule has 2 aliphatic heterocycles. The maximum Gasteiger partial charge on any atom is 0.224 e. The summed E-state index contributed by atoms with van der Waals surface area (Å²) in [6.07, 6.45) is 5.82. The molecule has 2 saturated heterocycles. The minimum Gasteiger partial charge on any atom is -0.338 e. The normalized spacial score (nSPS) is 35.8. The monoisotopic (exact) mass is 240 g/mol. The van der Waals surface area contributed by atoms with Gasteiger partial charge in [0, 0.05) is 36.8 Å². The number of likely N-dealkylation sites (tertiary alicyclic amines) is 1. The first-order valence-corrected chi connectivity index (χ1v) is 7.61. The lowest BCUT2D eigenvalue weighted by Crippen LogP contribution is -2.42. The Morgan fingerprint density at radius 3 is 2.81 bits per heavy atom. The molecule has 90 valence electrons. The van der Waals surface area contributed by atoms with Crippen molar-refractivity contribution < 1.29 is 4.79 Å². The predicted molar refractivity (Wildman–Crippen MR) is 66.6 cm³/mol. The van der Waals surface area contributed by atoms with Crippen molar-refractivity contribution in [3.8, 4) is 0 Å². The number of hydrogen-bond donors (Lipinski definition) is 1. The van der Waals surface area contributed by atoms with Crippen LogP contribution in [0.2, 0.25) is 0 Å². The van der Waals surface area contributed by atoms with Gasteiger partial charge in [-0.1, -0.05) is 0 Å². The Labute approximate surface area is 101 Å². The van der Waals surface area contributed by atoms with Crippen molar-refractivity contribution in [2.45, 2.75) is 50.2 Å². The highest BCUT2D eigenvalue weighted by atomic mass is 32.2. The van der Waals surface area contributed by atoms with Crippen LogP contribution in [0, 0.1) is 0 Å². The van der Waals surface area contributed by atoms with E-state index in [0.29, 0.717) is 24.0 Å². The van der Waals surface area contributed by atoms with Crippen molar-refractivity contribution in [1.29, 1.82) is 0 Å². The van der Waals surface area contributed by atoms with Crippen LogP contribution >= 0.6 is 11.8 Å². The number of thioether (sulfide) groups is 1. The number of nitrogens with one attached hydrogen (secondary N) is 1. The van der Waals surface area contributed by atoms with Gasteiger partial charge in [-0.15, -0.1) is 0 Å². The zero-order valence-electron chi connectivity index (χ0n) is 9.65. The predicted octanol–water partition coefficient (Wildman–Crippen LogP) is 1.23. The summed E-state index contributed by atoms with van der Waals surface area (Å²) in [5.74, 6) is 2.92. The average Bonchev–Trinajstić information content (AvgIpc) is 3.06. The summed E-state index contributed by atoms with van der Waals surface area (Å²) in [5.41, 5.74) is 0. The summed E-state index contributed by atoms with van der Waals surface area (Å²) in [6, 6.07) is 1.67. The molecule has 1 amide bonds. The number of rotatable bonds is 3. The van der Waals surface area contributed by atoms with Crippen molar-refractivity contribution in [1.82, 2.24) is 10.2 Å². The lowest BCUT2D eigenvalue weighted by molar-refractivity contribution is -0.128. The van der Waals surface area contributed by atoms with Gasteiger partial charge in [-0.05, 0) is 31.4 Å². The Bertz CT molecular complexity index is 274. The van der Waals surface area contributed by atoms with E-state index in [9.17, 15) is 4.79 Å². The molecule has 0 aromatic carbocycles. The Hall–Kier alpha value is -0.220. The van der Waals surface area contributed by atoms with Crippen LogP contribution in [-0.4, -0.2) is 47.0 Å². The fourth-order valence-electron chi connectivity index (χ4n) is 2.79. The van der Waals surface area contributed by atoms with Gasteiger partial charge in [-0.25, -0.2) is 0 Å². The molecule has 2 atom stereocenters. The molecule has 3 rings (SSSR count). The molecule has 0 aromatic rings. The van der Waals surface area contributed by atoms with Crippen molar-refractivity contribution in [2.24, 2.45) is 0 Å². The first kappa shape index (κ1) is 10.9. The highest BCUT2D eigenvalue weighted by molar-refractivity contribution is 7.99. The molecule has 0 radical (unpaired) electrons. The summed E-state index contributed by atoms with van der Waals surface area (Å²) >= 11 is 2.05. The summed E-state index contributed by atoms with van der Waals surface area (Å²) in [5, 5.41) is 3.68. The van der Waals surface area contributed by atoms with Gasteiger partial charge in [-0.2, -0.15) is 11.8 Å². The molecule has 1 saturated carbocycles. The van der Waals surface area contributed by atoms with Gasteiger partial charge in [0.1, 0.15) is 0 Å². The molecule has 1 aliphatic carbocycles. The van der Waals surface area contributed by atoms with Crippen LogP contribution in [0.1, 0.15) is 32.1 Å². The fourth-order valence-corrected chi connectivity index (χ4v) is 3.87. The van der Waals surface area contributed by atoms with Crippen LogP contribution in [0.3, 0.4) is 0 Å². The van der Waals surface area contributed by atoms with Crippen LogP contribution in [0.15, 0.2) is 0 Å². The van der Waals surface area contributed by atoms with Gasteiger partial charge in [-0.3, -0.25) is 4.79 Å². The van der Waals surface area contributed by atoms with E-state index >= 15 is 0 Å². The molecular weight excluding hydrogens is 220 g/mol. The van der Waals surface area contributed by atoms with Gasteiger partial charge in [0.15, 0.2) is 0 Å². The number of carbonyl (C=O) groups is 1. The topological polar surface area (TPSA) is 32.3 Å². The van der Waals surface area contributed by atoms with E-state index in [-0.39, 0.29) is 0 Å². The second-order valence-electron chi connectivity index (χ2n) is 5.26. The molecule has 2 heterocycles. The van der Waals surface area contributed by atoms with Gasteiger partial charge >= 0.3 is 0 Å². The second kappa shape index (κ2) is 4.57. The Morgan fingerprint density at radius 2 is 2.12 bits per heavy atom. The molecule has 2 unspecified atom stereocenters. The molecule has 0 bridgehead atoms. The maximum absolute atomic E-state index is 11.8. The number of carbonyl (C=O) groups excluding carboxylic acids is 1. The van der Waals surface area contributed by atoms with Gasteiger partial charge in [0.25, 0.3) is 0 Å². The molecule has 3 aliphatic rings. The van der Waals surface area contributed by atoms with Crippen molar-refractivity contribution >= 4 is 17.7 Å². The second-order valence-corrected chi connectivity index (χ2v) is 6.41. The van der Waals surface area contributed by atoms with Crippen molar-refractivity contribution in [3.63, 3.8) is 0 Å². The Balaban J connectivity index is 1.50. The highest BCUT2D eigenvalue weighted by Gasteiger charge is 2.39. The Kier molecular flexibility index (Phi) is 3.11. The van der Waals surface area contributed by atoms with Crippen molar-refractivity contribution in [2.75, 3.05) is 18.1 Å². The molecule has 0 spiro atoms. The third-order valence-electron chi connectivity index (χ3n) is 3.78. The summed E-state index contributed by atoms with van der Waals surface area (Å²) in [6.45, 7) is 0.963. The minimum absolute atomic E-state index is 0.378. The average molecular weight is 240 g/mol. The molecule has 3 nitrogen and oxygen atoms in total. The van der Waals surface area contributed by atoms with Crippen LogP contribution in [0.4, 0.5) is 0 Å². The molecule has 16 heavy (non-hydrogen) atoms. The van der Waals surface area contributed by atoms with Crippen LogP contribution in [0.5, 0.6) is 0 Å². The zero-order valence-corrected chi connectivity index (χ0v) is 10.5. The van der Waals surface area contributed by atoms with E-state index in [2.05, 4.69) is 10.2 Å². The molecular formula is C12H20N2OS. The van der Waals surface area contributed by atoms with E-state index in [1.54, 1.807) is 0 Å². The smallest absolute Gasteiger partial charge is 0.224 e. The molecule has 0 aromatic heterocycles. The first-order chi connectivity index (χ1) is 7.83. The van der Waals surface area contributed by atoms with Crippen molar-refractivity contribution in [3.05, 3.63) is 0 Å². The largest absolute Gasteiger partial charge is 0.338 e. The molecule has 1 N–H and O–H groups in total. The van der Waals surface area contributed by atoms with E-state index in [1.807, 2.05) is 11.8 Å². The van der Waals surface area contributed by atoms with Crippen LogP contribution in [0.25, 0.3) is 0 Å². The zero-order chi connectivity index (χ0) is 11.0. The van der Waals surface area contributed by atoms with E-state index in [4.69, 9.17) is 0 Å². The number of hydrogen-bond acceptors (Lipinski definition) is 3. The van der Waals surface area contributed by atoms with Gasteiger partial charge in [0.2, 0.25) is 5.91 Å². The number of amides is 1. The Morgan fingerprint density at radius 1 is 1.25 bits per heavy atom. The first-order valence-electron chi connectivity index (χ1n) is 6.46. The van der Waals surface area contributed by atoms with E-state index in [0.717, 1.165) is 13.0 Å². The third kappa shape index (κ3) is 2.38. The van der Waals surface area contributed by atoms with Crippen LogP contribution < -0.4 is 5.32 Å². The SMILES string of the molecule is O=C1CC(NC2CCCSC2)CN1C1CC1. The maximum atomic E-state index is 11.8. The summed E-state index contributed by atoms with van der Waals surface area (Å²) in [7, 11) is 0. The molecule has 3 fully saturated rings. The quantitative estimate of drug-likeness (QED) is 0.805. The van der Waals surface area contributed by atoms with Crippen LogP contribution in [-0.2, 0) is 4.79 Å². The highest BCUT2D eigenvalue weighted by Crippen LogP contribution is 2.31. The summed E-state index contributed by atoms with van der Waals surface area (Å²) < 4.78 is 0. The lowest BCUT2D eigenvalue weighted by atomic mass is 10.1. The lowest BCUT2D eigenvalue weighted by Gasteiger charge is -2.26. The molecule has 4 heteroatoms. The van der Waals surface area contributed by atoms with Gasteiger partial charge < -0.3 is 10.2 Å². The number of nitrogens with zero attached hydrogens (tertiary/aromatic N) is 1. The fraction of sp³-hybridized carbons (Fsp3) is 0.917. The van der Waals surface area contributed by atoms with Gasteiger partial charge in [0.05, 0.1) is 0 Å².